The molecule has 1 atom stereocenters. The van der Waals surface area contributed by atoms with Gasteiger partial charge in [0.25, 0.3) is 0 Å². The Hall–Kier alpha value is -3.63. The first-order chi connectivity index (χ1) is 21.0. The Bertz CT molecular complexity index is 1740. The summed E-state index contributed by atoms with van der Waals surface area (Å²) in [4.78, 5) is 11.5. The second-order valence-corrected chi connectivity index (χ2v) is 12.1. The van der Waals surface area contributed by atoms with Gasteiger partial charge in [0.05, 0.1) is 41.5 Å². The highest BCUT2D eigenvalue weighted by atomic mass is 35.5. The van der Waals surface area contributed by atoms with E-state index in [1.54, 1.807) is 12.1 Å². The van der Waals surface area contributed by atoms with E-state index >= 15 is 0 Å². The van der Waals surface area contributed by atoms with Crippen molar-refractivity contribution in [3.63, 3.8) is 0 Å². The predicted molar refractivity (Wildman–Crippen MR) is 166 cm³/mol. The van der Waals surface area contributed by atoms with Gasteiger partial charge in [-0.15, -0.1) is 5.10 Å². The number of nitrogens with one attached hydrogen (secondary N) is 1. The summed E-state index contributed by atoms with van der Waals surface area (Å²) >= 11 is 12.3. The van der Waals surface area contributed by atoms with Gasteiger partial charge in [-0.25, -0.2) is 19.0 Å². The molecule has 0 amide bonds. The molecule has 43 heavy (non-hydrogen) atoms. The maximum atomic E-state index is 13.7. The van der Waals surface area contributed by atoms with Crippen LogP contribution in [0.15, 0.2) is 73.2 Å². The van der Waals surface area contributed by atoms with Gasteiger partial charge in [-0.1, -0.05) is 46.6 Å². The molecular formula is C32H30Cl2FN7O. The van der Waals surface area contributed by atoms with E-state index in [2.05, 4.69) is 65.6 Å². The molecule has 0 saturated carbocycles. The second-order valence-electron chi connectivity index (χ2n) is 11.2. The molecule has 0 radical (unpaired) electrons. The number of likely N-dealkylation sites (tertiary alicyclic amines) is 1. The van der Waals surface area contributed by atoms with E-state index in [4.69, 9.17) is 27.9 Å². The smallest absolute Gasteiger partial charge is 0.141 e. The zero-order valence-electron chi connectivity index (χ0n) is 23.3. The molecule has 2 aliphatic rings. The first-order valence-corrected chi connectivity index (χ1v) is 15.2. The number of halogens is 3. The molecule has 0 spiro atoms. The van der Waals surface area contributed by atoms with Crippen LogP contribution in [0.1, 0.15) is 41.6 Å². The van der Waals surface area contributed by atoms with Crippen LogP contribution in [-0.4, -0.2) is 62.2 Å². The molecule has 220 valence electrons. The van der Waals surface area contributed by atoms with E-state index in [9.17, 15) is 4.39 Å². The highest BCUT2D eigenvalue weighted by molar-refractivity contribution is 6.31. The van der Waals surface area contributed by atoms with Crippen LogP contribution >= 0.6 is 23.2 Å². The summed E-state index contributed by atoms with van der Waals surface area (Å²) in [6.07, 6.45) is 6.40. The number of rotatable bonds is 8. The highest BCUT2D eigenvalue weighted by Gasteiger charge is 2.31. The summed E-state index contributed by atoms with van der Waals surface area (Å²) in [5, 5.41) is 14.1. The number of fused-ring (bicyclic) bond motifs is 1. The Kier molecular flexibility index (Phi) is 7.97. The zero-order valence-corrected chi connectivity index (χ0v) is 24.8. The van der Waals surface area contributed by atoms with Gasteiger partial charge in [0, 0.05) is 41.3 Å². The van der Waals surface area contributed by atoms with Gasteiger partial charge in [-0.05, 0) is 72.9 Å². The van der Waals surface area contributed by atoms with Crippen LogP contribution < -0.4 is 5.32 Å². The van der Waals surface area contributed by atoms with Gasteiger partial charge in [-0.3, -0.25) is 4.90 Å². The summed E-state index contributed by atoms with van der Waals surface area (Å²) in [5.74, 6) is 0.109. The molecular weight excluding hydrogens is 588 g/mol. The molecule has 5 aromatic rings. The van der Waals surface area contributed by atoms with Crippen LogP contribution in [0, 0.1) is 5.82 Å². The van der Waals surface area contributed by atoms with Crippen LogP contribution in [0.25, 0.3) is 10.9 Å². The molecule has 0 bridgehead atoms. The fourth-order valence-corrected chi connectivity index (χ4v) is 6.25. The lowest BCUT2D eigenvalue weighted by Gasteiger charge is -2.41. The van der Waals surface area contributed by atoms with Gasteiger partial charge in [0.15, 0.2) is 0 Å². The van der Waals surface area contributed by atoms with Crippen molar-refractivity contribution in [1.82, 2.24) is 29.9 Å². The van der Waals surface area contributed by atoms with Crippen LogP contribution in [-0.2, 0) is 11.2 Å². The quantitative estimate of drug-likeness (QED) is 0.204. The first-order valence-electron chi connectivity index (χ1n) is 14.4. The highest BCUT2D eigenvalue weighted by Crippen LogP contribution is 2.33. The van der Waals surface area contributed by atoms with Crippen molar-refractivity contribution in [3.8, 4) is 0 Å². The third-order valence-electron chi connectivity index (χ3n) is 8.49. The van der Waals surface area contributed by atoms with Crippen LogP contribution in [0.5, 0.6) is 0 Å². The minimum absolute atomic E-state index is 0.0346. The third kappa shape index (κ3) is 6.08. The Labute approximate surface area is 258 Å². The molecule has 1 N–H and O–H groups in total. The summed E-state index contributed by atoms with van der Waals surface area (Å²) < 4.78 is 21.2. The largest absolute Gasteiger partial charge is 0.378 e. The van der Waals surface area contributed by atoms with E-state index < -0.39 is 5.82 Å². The van der Waals surface area contributed by atoms with Crippen molar-refractivity contribution in [2.45, 2.75) is 37.3 Å². The molecule has 4 heterocycles. The normalized spacial score (nSPS) is 17.2. The number of nitrogens with zero attached hydrogens (tertiary/aromatic N) is 6. The molecule has 7 rings (SSSR count). The third-order valence-corrected chi connectivity index (χ3v) is 9.03. The van der Waals surface area contributed by atoms with Gasteiger partial charge in [-0.2, -0.15) is 0 Å². The van der Waals surface area contributed by atoms with Crippen molar-refractivity contribution in [1.29, 1.82) is 0 Å². The number of piperidine rings is 1. The molecule has 2 fully saturated rings. The van der Waals surface area contributed by atoms with E-state index in [1.807, 2.05) is 18.2 Å². The minimum atomic E-state index is -0.471. The van der Waals surface area contributed by atoms with Gasteiger partial charge in [0.1, 0.15) is 18.0 Å². The van der Waals surface area contributed by atoms with E-state index in [-0.39, 0.29) is 10.9 Å². The van der Waals surface area contributed by atoms with Crippen molar-refractivity contribution in [2.75, 3.05) is 31.6 Å². The number of benzene rings is 3. The van der Waals surface area contributed by atoms with Crippen LogP contribution in [0.4, 0.5) is 15.9 Å². The summed E-state index contributed by atoms with van der Waals surface area (Å²) in [6.45, 7) is 3.79. The molecule has 11 heteroatoms. The Balaban J connectivity index is 1.16. The molecule has 8 nitrogen and oxygen atoms in total. The maximum Gasteiger partial charge on any atom is 0.141 e. The lowest BCUT2D eigenvalue weighted by molar-refractivity contribution is -0.0734. The number of hydrogen-bond acceptors (Lipinski definition) is 7. The average Bonchev–Trinajstić information content (AvgIpc) is 3.48. The SMILES string of the molecule is Fc1ccc(Nc2ncnc3ccc(C[C@@H](c4ccc(Cl)cc4)c4cn(C5CCN(C6COC6)CC5)nn4)cc23)cc1Cl. The minimum Gasteiger partial charge on any atom is -0.378 e. The standard InChI is InChI=1S/C32H30Cl2FN7O/c33-22-4-2-21(3-5-22)26(31-16-42(40-39-31)24-9-11-41(12-10-24)25-17-43-18-25)13-20-1-8-30-27(14-20)32(37-19-36-30)38-23-6-7-29(35)28(34)15-23/h1-8,14-16,19,24-26H,9-13,17-18H2,(H,36,37,38)/t26-/m0/s1. The Morgan fingerprint density at radius 2 is 1.77 bits per heavy atom. The van der Waals surface area contributed by atoms with Crippen LogP contribution in [0.3, 0.4) is 0 Å². The molecule has 2 aromatic heterocycles. The number of ether oxygens (including phenoxy) is 1. The fraction of sp³-hybridized carbons (Fsp3) is 0.312. The lowest BCUT2D eigenvalue weighted by Crippen LogP contribution is -2.51. The number of hydrogen-bond donors (Lipinski definition) is 1. The van der Waals surface area contributed by atoms with Gasteiger partial charge < -0.3 is 10.1 Å². The number of aromatic nitrogens is 5. The average molecular weight is 619 g/mol. The molecule has 2 saturated heterocycles. The molecule has 3 aromatic carbocycles. The Morgan fingerprint density at radius 1 is 0.953 bits per heavy atom. The molecule has 0 aliphatic carbocycles. The van der Waals surface area contributed by atoms with E-state index in [0.717, 1.165) is 66.9 Å². The summed E-state index contributed by atoms with van der Waals surface area (Å²) in [7, 11) is 0. The van der Waals surface area contributed by atoms with E-state index in [0.29, 0.717) is 35.0 Å². The zero-order chi connectivity index (χ0) is 29.3. The van der Waals surface area contributed by atoms with Crippen molar-refractivity contribution < 1.29 is 9.13 Å². The second kappa shape index (κ2) is 12.2. The van der Waals surface area contributed by atoms with E-state index in [1.165, 1.54) is 12.4 Å². The lowest BCUT2D eigenvalue weighted by atomic mass is 9.89. The van der Waals surface area contributed by atoms with Crippen molar-refractivity contribution in [2.24, 2.45) is 0 Å². The van der Waals surface area contributed by atoms with Crippen molar-refractivity contribution >= 4 is 45.6 Å². The molecule has 2 aliphatic heterocycles. The predicted octanol–water partition coefficient (Wildman–Crippen LogP) is 6.82. The summed E-state index contributed by atoms with van der Waals surface area (Å²) in [6, 6.07) is 19.5. The molecule has 0 unspecified atom stereocenters. The monoisotopic (exact) mass is 617 g/mol. The van der Waals surface area contributed by atoms with Crippen LogP contribution in [0.2, 0.25) is 10.0 Å². The maximum absolute atomic E-state index is 13.7. The number of anilines is 2. The first kappa shape index (κ1) is 28.2. The van der Waals surface area contributed by atoms with Crippen molar-refractivity contribution in [3.05, 3.63) is 106 Å². The Morgan fingerprint density at radius 3 is 2.51 bits per heavy atom. The summed E-state index contributed by atoms with van der Waals surface area (Å²) in [5.41, 5.74) is 4.55. The fourth-order valence-electron chi connectivity index (χ4n) is 5.94. The van der Waals surface area contributed by atoms with Gasteiger partial charge in [0.2, 0.25) is 0 Å². The van der Waals surface area contributed by atoms with Gasteiger partial charge >= 0.3 is 0 Å². The topological polar surface area (TPSA) is 81.0 Å².